The van der Waals surface area contributed by atoms with Crippen LogP contribution in [-0.4, -0.2) is 29.4 Å². The van der Waals surface area contributed by atoms with Crippen LogP contribution in [0.15, 0.2) is 36.4 Å². The smallest absolute Gasteiger partial charge is 0.125 e. The van der Waals surface area contributed by atoms with Gasteiger partial charge >= 0.3 is 0 Å². The van der Waals surface area contributed by atoms with Gasteiger partial charge in [-0.2, -0.15) is 5.10 Å². The maximum absolute atomic E-state index is 4.96. The number of fused-ring (bicyclic) bond motifs is 1. The number of rotatable bonds is 2. The van der Waals surface area contributed by atoms with E-state index in [1.165, 1.54) is 29.9 Å². The molecule has 2 aliphatic rings. The maximum Gasteiger partial charge on any atom is 0.125 e. The first-order valence-corrected chi connectivity index (χ1v) is 8.01. The molecular formula is C17H22N4. The number of nitrogens with zero attached hydrogens (tertiary/aromatic N) is 2. The van der Waals surface area contributed by atoms with Gasteiger partial charge in [0, 0.05) is 18.5 Å². The van der Waals surface area contributed by atoms with Crippen molar-refractivity contribution in [2.45, 2.75) is 31.2 Å². The summed E-state index contributed by atoms with van der Waals surface area (Å²) in [5.41, 5.74) is 2.63. The highest BCUT2D eigenvalue weighted by Crippen LogP contribution is 2.33. The van der Waals surface area contributed by atoms with E-state index in [4.69, 9.17) is 5.10 Å². The van der Waals surface area contributed by atoms with Gasteiger partial charge in [0.1, 0.15) is 5.82 Å². The number of piperidine rings is 1. The molecule has 1 aromatic carbocycles. The first-order chi connectivity index (χ1) is 10.4. The quantitative estimate of drug-likeness (QED) is 0.890. The SMILES string of the molecule is c1ccc(C2CCNc3cc(C4CCNCC4)nn32)cc1. The van der Waals surface area contributed by atoms with Crippen LogP contribution < -0.4 is 10.6 Å². The molecule has 1 atom stereocenters. The third kappa shape index (κ3) is 2.44. The highest BCUT2D eigenvalue weighted by atomic mass is 15.4. The van der Waals surface area contributed by atoms with E-state index in [9.17, 15) is 0 Å². The summed E-state index contributed by atoms with van der Waals surface area (Å²) in [6.07, 6.45) is 3.50. The number of hydrogen-bond donors (Lipinski definition) is 2. The summed E-state index contributed by atoms with van der Waals surface area (Å²) in [6.45, 7) is 3.25. The van der Waals surface area contributed by atoms with Crippen molar-refractivity contribution >= 4 is 5.82 Å². The lowest BCUT2D eigenvalue weighted by Gasteiger charge is -2.26. The summed E-state index contributed by atoms with van der Waals surface area (Å²) in [4.78, 5) is 0. The zero-order valence-corrected chi connectivity index (χ0v) is 12.3. The molecule has 2 aliphatic heterocycles. The molecule has 0 aliphatic carbocycles. The van der Waals surface area contributed by atoms with Gasteiger partial charge in [0.2, 0.25) is 0 Å². The molecule has 2 N–H and O–H groups in total. The summed E-state index contributed by atoms with van der Waals surface area (Å²) in [5, 5.41) is 11.9. The summed E-state index contributed by atoms with van der Waals surface area (Å²) in [6, 6.07) is 13.4. The average molecular weight is 282 g/mol. The number of aromatic nitrogens is 2. The largest absolute Gasteiger partial charge is 0.370 e. The fourth-order valence-corrected chi connectivity index (χ4v) is 3.54. The minimum atomic E-state index is 0.373. The first-order valence-electron chi connectivity index (χ1n) is 8.01. The Hall–Kier alpha value is -1.81. The van der Waals surface area contributed by atoms with Crippen LogP contribution in [0.2, 0.25) is 0 Å². The Kier molecular flexibility index (Phi) is 3.39. The minimum Gasteiger partial charge on any atom is -0.370 e. The van der Waals surface area contributed by atoms with Crippen LogP contribution in [0.4, 0.5) is 5.82 Å². The van der Waals surface area contributed by atoms with Crippen molar-refractivity contribution in [3.63, 3.8) is 0 Å². The topological polar surface area (TPSA) is 41.9 Å². The predicted octanol–water partition coefficient (Wildman–Crippen LogP) is 2.76. The summed E-state index contributed by atoms with van der Waals surface area (Å²) in [5.74, 6) is 1.80. The van der Waals surface area contributed by atoms with Crippen LogP contribution in [0.5, 0.6) is 0 Å². The Labute approximate surface area is 125 Å². The first kappa shape index (κ1) is 12.9. The summed E-state index contributed by atoms with van der Waals surface area (Å²) in [7, 11) is 0. The molecule has 21 heavy (non-hydrogen) atoms. The van der Waals surface area contributed by atoms with Gasteiger partial charge in [-0.05, 0) is 37.9 Å². The van der Waals surface area contributed by atoms with Gasteiger partial charge < -0.3 is 10.6 Å². The second-order valence-corrected chi connectivity index (χ2v) is 6.07. The molecule has 4 nitrogen and oxygen atoms in total. The lowest BCUT2D eigenvalue weighted by Crippen LogP contribution is -2.27. The molecule has 1 fully saturated rings. The Morgan fingerprint density at radius 1 is 1.00 bits per heavy atom. The molecular weight excluding hydrogens is 260 g/mol. The van der Waals surface area contributed by atoms with Crippen molar-refractivity contribution in [3.05, 3.63) is 47.7 Å². The van der Waals surface area contributed by atoms with Gasteiger partial charge in [0.25, 0.3) is 0 Å². The van der Waals surface area contributed by atoms with Crippen LogP contribution >= 0.6 is 0 Å². The molecule has 4 heteroatoms. The fourth-order valence-electron chi connectivity index (χ4n) is 3.54. The molecule has 0 amide bonds. The van der Waals surface area contributed by atoms with Crippen molar-refractivity contribution in [1.82, 2.24) is 15.1 Å². The van der Waals surface area contributed by atoms with Gasteiger partial charge in [0.15, 0.2) is 0 Å². The number of benzene rings is 1. The van der Waals surface area contributed by atoms with E-state index in [1.807, 2.05) is 0 Å². The Morgan fingerprint density at radius 3 is 2.62 bits per heavy atom. The number of hydrogen-bond acceptors (Lipinski definition) is 3. The predicted molar refractivity (Wildman–Crippen MR) is 84.8 cm³/mol. The van der Waals surface area contributed by atoms with Gasteiger partial charge in [-0.25, -0.2) is 4.68 Å². The van der Waals surface area contributed by atoms with E-state index in [0.717, 1.165) is 26.1 Å². The number of nitrogens with one attached hydrogen (secondary N) is 2. The van der Waals surface area contributed by atoms with Crippen molar-refractivity contribution in [2.75, 3.05) is 25.0 Å². The van der Waals surface area contributed by atoms with E-state index in [1.54, 1.807) is 0 Å². The summed E-state index contributed by atoms with van der Waals surface area (Å²) < 4.78 is 2.20. The van der Waals surface area contributed by atoms with Crippen LogP contribution in [0.25, 0.3) is 0 Å². The molecule has 0 spiro atoms. The Balaban J connectivity index is 1.66. The maximum atomic E-state index is 4.96. The zero-order valence-electron chi connectivity index (χ0n) is 12.3. The normalized spacial score (nSPS) is 22.6. The van der Waals surface area contributed by atoms with E-state index in [-0.39, 0.29) is 0 Å². The van der Waals surface area contributed by atoms with Gasteiger partial charge in [-0.1, -0.05) is 30.3 Å². The molecule has 3 heterocycles. The van der Waals surface area contributed by atoms with Crippen LogP contribution in [0.1, 0.15) is 42.5 Å². The van der Waals surface area contributed by atoms with E-state index >= 15 is 0 Å². The van der Waals surface area contributed by atoms with E-state index in [2.05, 4.69) is 51.7 Å². The summed E-state index contributed by atoms with van der Waals surface area (Å²) >= 11 is 0. The van der Waals surface area contributed by atoms with Crippen LogP contribution in [0, 0.1) is 0 Å². The fraction of sp³-hybridized carbons (Fsp3) is 0.471. The van der Waals surface area contributed by atoms with Gasteiger partial charge in [0.05, 0.1) is 11.7 Å². The zero-order chi connectivity index (χ0) is 14.1. The standard InChI is InChI=1S/C17H22N4/c1-2-4-14(5-3-1)16-8-11-19-17-12-15(20-21(16)17)13-6-9-18-10-7-13/h1-5,12-13,16,18-19H,6-11H2. The molecule has 1 aromatic heterocycles. The van der Waals surface area contributed by atoms with Crippen molar-refractivity contribution in [1.29, 1.82) is 0 Å². The van der Waals surface area contributed by atoms with E-state index in [0.29, 0.717) is 12.0 Å². The molecule has 4 rings (SSSR count). The third-order valence-corrected chi connectivity index (χ3v) is 4.72. The van der Waals surface area contributed by atoms with Crippen molar-refractivity contribution < 1.29 is 0 Å². The van der Waals surface area contributed by atoms with Crippen LogP contribution in [-0.2, 0) is 0 Å². The monoisotopic (exact) mass is 282 g/mol. The average Bonchev–Trinajstić information content (AvgIpc) is 3.00. The van der Waals surface area contributed by atoms with Crippen molar-refractivity contribution in [2.24, 2.45) is 0 Å². The number of anilines is 1. The molecule has 1 unspecified atom stereocenters. The highest BCUT2D eigenvalue weighted by molar-refractivity contribution is 5.42. The molecule has 1 saturated heterocycles. The van der Waals surface area contributed by atoms with E-state index < -0.39 is 0 Å². The van der Waals surface area contributed by atoms with Gasteiger partial charge in [-0.15, -0.1) is 0 Å². The minimum absolute atomic E-state index is 0.373. The molecule has 0 bridgehead atoms. The Bertz CT molecular complexity index is 599. The molecule has 110 valence electrons. The molecule has 0 radical (unpaired) electrons. The van der Waals surface area contributed by atoms with Crippen molar-refractivity contribution in [3.8, 4) is 0 Å². The lowest BCUT2D eigenvalue weighted by molar-refractivity contribution is 0.434. The third-order valence-electron chi connectivity index (χ3n) is 4.72. The lowest BCUT2D eigenvalue weighted by atomic mass is 9.95. The second-order valence-electron chi connectivity index (χ2n) is 6.07. The molecule has 2 aromatic rings. The second kappa shape index (κ2) is 5.53. The highest BCUT2D eigenvalue weighted by Gasteiger charge is 2.26. The van der Waals surface area contributed by atoms with Crippen LogP contribution in [0.3, 0.4) is 0 Å². The van der Waals surface area contributed by atoms with Gasteiger partial charge in [-0.3, -0.25) is 0 Å². The molecule has 0 saturated carbocycles. The Morgan fingerprint density at radius 2 is 1.81 bits per heavy atom.